The van der Waals surface area contributed by atoms with E-state index >= 15 is 0 Å². The van der Waals surface area contributed by atoms with Crippen molar-refractivity contribution < 1.29 is 9.52 Å². The van der Waals surface area contributed by atoms with Gasteiger partial charge in [0.2, 0.25) is 0 Å². The molecule has 0 unspecified atom stereocenters. The van der Waals surface area contributed by atoms with E-state index in [1.165, 1.54) is 18.5 Å². The summed E-state index contributed by atoms with van der Waals surface area (Å²) >= 11 is 6.16. The molecule has 4 rings (SSSR count). The van der Waals surface area contributed by atoms with Crippen LogP contribution >= 0.6 is 11.6 Å². The van der Waals surface area contributed by atoms with Crippen LogP contribution in [0.5, 0.6) is 0 Å². The summed E-state index contributed by atoms with van der Waals surface area (Å²) in [6.45, 7) is 2.06. The molecule has 0 radical (unpaired) electrons. The number of benzene rings is 1. The summed E-state index contributed by atoms with van der Waals surface area (Å²) in [5.41, 5.74) is 1.08. The number of fused-ring (bicyclic) bond motifs is 1. The third kappa shape index (κ3) is 3.78. The second kappa shape index (κ2) is 7.36. The van der Waals surface area contributed by atoms with E-state index < -0.39 is 0 Å². The molecule has 1 fully saturated rings. The Balaban J connectivity index is 1.61. The van der Waals surface area contributed by atoms with Crippen LogP contribution in [0.3, 0.4) is 0 Å². The zero-order chi connectivity index (χ0) is 18.8. The van der Waals surface area contributed by atoms with E-state index in [1.54, 1.807) is 12.1 Å². The van der Waals surface area contributed by atoms with Gasteiger partial charge in [0.25, 0.3) is 5.91 Å². The van der Waals surface area contributed by atoms with E-state index in [9.17, 15) is 10.0 Å². The highest BCUT2D eigenvalue weighted by Crippen LogP contribution is 2.29. The van der Waals surface area contributed by atoms with E-state index in [4.69, 9.17) is 11.6 Å². The summed E-state index contributed by atoms with van der Waals surface area (Å²) < 4.78 is 0.594. The number of carbonyl (C=O) groups is 1. The van der Waals surface area contributed by atoms with Crippen molar-refractivity contribution in [2.24, 2.45) is 0 Å². The number of anilines is 1. The molecule has 3 aromatic rings. The van der Waals surface area contributed by atoms with Crippen molar-refractivity contribution in [1.82, 2.24) is 15.3 Å². The van der Waals surface area contributed by atoms with Crippen LogP contribution in [0.4, 0.5) is 5.82 Å². The summed E-state index contributed by atoms with van der Waals surface area (Å²) in [4.78, 5) is 23.7. The molecule has 1 saturated heterocycles. The number of nitrogens with one attached hydrogen (secondary N) is 1. The number of nitrogens with zero attached hydrogens (tertiary/aromatic N) is 4. The average Bonchev–Trinajstić information content (AvgIpc) is 3.20. The number of rotatable bonds is 4. The molecule has 2 aromatic heterocycles. The van der Waals surface area contributed by atoms with Crippen LogP contribution < -0.4 is 14.9 Å². The predicted molar refractivity (Wildman–Crippen MR) is 103 cm³/mol. The van der Waals surface area contributed by atoms with Crippen LogP contribution in [0.25, 0.3) is 10.9 Å². The zero-order valence-corrected chi connectivity index (χ0v) is 15.3. The standard InChI is InChI=1S/C19H18ClN5O2/c20-14-5-6-16-15(10-14)18(24-7-1-2-8-24)23-17(22-16)11-21-19(26)13-4-3-9-25(27)12-13/h3-6,9-10,12H,1-2,7-8,11H2,(H,21,26). The van der Waals surface area contributed by atoms with Crippen molar-refractivity contribution in [3.63, 3.8) is 0 Å². The number of halogens is 1. The second-order valence-electron chi connectivity index (χ2n) is 6.45. The Bertz CT molecular complexity index is 1000. The summed E-state index contributed by atoms with van der Waals surface area (Å²) in [7, 11) is 0. The lowest BCUT2D eigenvalue weighted by Crippen LogP contribution is -2.30. The maximum absolute atomic E-state index is 12.3. The van der Waals surface area contributed by atoms with Gasteiger partial charge in [-0.25, -0.2) is 9.97 Å². The third-order valence-corrected chi connectivity index (χ3v) is 4.77. The maximum atomic E-state index is 12.3. The molecular weight excluding hydrogens is 366 g/mol. The van der Waals surface area contributed by atoms with Gasteiger partial charge >= 0.3 is 0 Å². The van der Waals surface area contributed by atoms with Crippen molar-refractivity contribution in [2.45, 2.75) is 19.4 Å². The molecule has 1 N–H and O–H groups in total. The van der Waals surface area contributed by atoms with Gasteiger partial charge in [-0.15, -0.1) is 0 Å². The zero-order valence-electron chi connectivity index (χ0n) is 14.6. The first-order valence-corrected chi connectivity index (χ1v) is 9.16. The molecule has 0 spiro atoms. The van der Waals surface area contributed by atoms with Crippen LogP contribution in [-0.2, 0) is 6.54 Å². The van der Waals surface area contributed by atoms with Crippen molar-refractivity contribution in [2.75, 3.05) is 18.0 Å². The number of hydrogen-bond donors (Lipinski definition) is 1. The van der Waals surface area contributed by atoms with Gasteiger partial charge in [0.1, 0.15) is 11.4 Å². The second-order valence-corrected chi connectivity index (χ2v) is 6.89. The smallest absolute Gasteiger partial charge is 0.257 e. The molecule has 1 amide bonds. The predicted octanol–water partition coefficient (Wildman–Crippen LogP) is 2.45. The van der Waals surface area contributed by atoms with Gasteiger partial charge in [-0.3, -0.25) is 4.79 Å². The average molecular weight is 384 g/mol. The van der Waals surface area contributed by atoms with E-state index in [1.807, 2.05) is 12.1 Å². The van der Waals surface area contributed by atoms with Gasteiger partial charge in [0.05, 0.1) is 12.1 Å². The van der Waals surface area contributed by atoms with Crippen LogP contribution in [0.1, 0.15) is 29.0 Å². The van der Waals surface area contributed by atoms with Crippen LogP contribution in [0, 0.1) is 5.21 Å². The number of pyridine rings is 1. The summed E-state index contributed by atoms with van der Waals surface area (Å²) in [5, 5.41) is 15.7. The molecule has 27 heavy (non-hydrogen) atoms. The lowest BCUT2D eigenvalue weighted by molar-refractivity contribution is -0.605. The van der Waals surface area contributed by atoms with Gasteiger partial charge in [0, 0.05) is 29.6 Å². The SMILES string of the molecule is O=C(NCc1nc(N2CCCC2)c2cc(Cl)ccc2n1)c1ccc[n+]([O-])c1. The van der Waals surface area contributed by atoms with E-state index in [2.05, 4.69) is 20.2 Å². The van der Waals surface area contributed by atoms with Gasteiger partial charge < -0.3 is 15.4 Å². The van der Waals surface area contributed by atoms with Gasteiger partial charge in [-0.1, -0.05) is 11.6 Å². The van der Waals surface area contributed by atoms with E-state index in [0.717, 1.165) is 42.7 Å². The Morgan fingerprint density at radius 1 is 1.26 bits per heavy atom. The molecule has 7 nitrogen and oxygen atoms in total. The van der Waals surface area contributed by atoms with Gasteiger partial charge in [0.15, 0.2) is 18.2 Å². The Labute approximate surface area is 161 Å². The molecule has 1 aliphatic heterocycles. The molecule has 0 atom stereocenters. The van der Waals surface area contributed by atoms with Crippen LogP contribution in [-0.4, -0.2) is 29.0 Å². The topological polar surface area (TPSA) is 85.1 Å². The Kier molecular flexibility index (Phi) is 4.77. The van der Waals surface area contributed by atoms with Gasteiger partial charge in [-0.2, -0.15) is 4.73 Å². The molecule has 1 aromatic carbocycles. The van der Waals surface area contributed by atoms with E-state index in [0.29, 0.717) is 21.1 Å². The van der Waals surface area contributed by atoms with Crippen LogP contribution in [0.2, 0.25) is 5.02 Å². The largest absolute Gasteiger partial charge is 0.619 e. The Morgan fingerprint density at radius 2 is 2.07 bits per heavy atom. The molecule has 1 aliphatic rings. The highest BCUT2D eigenvalue weighted by atomic mass is 35.5. The van der Waals surface area contributed by atoms with Crippen LogP contribution in [0.15, 0.2) is 42.7 Å². The quantitative estimate of drug-likeness (QED) is 0.552. The first-order chi connectivity index (χ1) is 13.1. The fourth-order valence-electron chi connectivity index (χ4n) is 3.23. The minimum Gasteiger partial charge on any atom is -0.619 e. The molecule has 138 valence electrons. The van der Waals surface area contributed by atoms with E-state index in [-0.39, 0.29) is 12.5 Å². The maximum Gasteiger partial charge on any atom is 0.257 e. The highest BCUT2D eigenvalue weighted by Gasteiger charge is 2.19. The van der Waals surface area contributed by atoms with Crippen molar-refractivity contribution in [1.29, 1.82) is 0 Å². The Morgan fingerprint density at radius 3 is 2.85 bits per heavy atom. The number of hydrogen-bond acceptors (Lipinski definition) is 5. The van der Waals surface area contributed by atoms with Crippen molar-refractivity contribution >= 4 is 34.2 Å². The number of aromatic nitrogens is 3. The monoisotopic (exact) mass is 383 g/mol. The fourth-order valence-corrected chi connectivity index (χ4v) is 3.40. The van der Waals surface area contributed by atoms with Gasteiger partial charge in [-0.05, 0) is 37.1 Å². The fraction of sp³-hybridized carbons (Fsp3) is 0.263. The first kappa shape index (κ1) is 17.5. The Hall–Kier alpha value is -2.93. The molecule has 3 heterocycles. The minimum atomic E-state index is -0.345. The van der Waals surface area contributed by atoms with Crippen molar-refractivity contribution in [3.05, 3.63) is 64.3 Å². The lowest BCUT2D eigenvalue weighted by Gasteiger charge is -2.19. The third-order valence-electron chi connectivity index (χ3n) is 4.53. The first-order valence-electron chi connectivity index (χ1n) is 8.78. The lowest BCUT2D eigenvalue weighted by atomic mass is 10.2. The molecular formula is C19H18ClN5O2. The molecule has 8 heteroatoms. The van der Waals surface area contributed by atoms with Crippen molar-refractivity contribution in [3.8, 4) is 0 Å². The number of carbonyl (C=O) groups excluding carboxylic acids is 1. The molecule has 0 saturated carbocycles. The summed E-state index contributed by atoms with van der Waals surface area (Å²) in [5.74, 6) is 1.02. The minimum absolute atomic E-state index is 0.173. The molecule has 0 bridgehead atoms. The highest BCUT2D eigenvalue weighted by molar-refractivity contribution is 6.31. The summed E-state index contributed by atoms with van der Waals surface area (Å²) in [6.07, 6.45) is 4.81. The normalized spacial score (nSPS) is 13.9. The number of amides is 1. The summed E-state index contributed by atoms with van der Waals surface area (Å²) in [6, 6.07) is 8.65. The molecule has 0 aliphatic carbocycles.